The number of anilines is 3. The molecule has 3 N–H and O–H groups in total. The summed E-state index contributed by atoms with van der Waals surface area (Å²) in [6.45, 7) is 7.70. The van der Waals surface area contributed by atoms with E-state index in [2.05, 4.69) is 46.1 Å². The maximum Gasteiger partial charge on any atom is 0.272 e. The number of rotatable bonds is 7. The molecule has 11 nitrogen and oxygen atoms in total. The molecule has 0 saturated heterocycles. The van der Waals surface area contributed by atoms with Crippen molar-refractivity contribution in [1.82, 2.24) is 35.5 Å². The molecule has 0 radical (unpaired) electrons. The summed E-state index contributed by atoms with van der Waals surface area (Å²) in [6, 6.07) is 4.64. The molecule has 0 saturated carbocycles. The Bertz CT molecular complexity index is 1480. The van der Waals surface area contributed by atoms with E-state index in [0.29, 0.717) is 15.6 Å². The van der Waals surface area contributed by atoms with Gasteiger partial charge >= 0.3 is 0 Å². The van der Waals surface area contributed by atoms with E-state index in [9.17, 15) is 9.59 Å². The Morgan fingerprint density at radius 1 is 1.03 bits per heavy atom. The quantitative estimate of drug-likeness (QED) is 0.271. The van der Waals surface area contributed by atoms with Crippen LogP contribution in [0.2, 0.25) is 10.2 Å². The van der Waals surface area contributed by atoms with E-state index in [0.717, 1.165) is 16.9 Å². The molecule has 0 bridgehead atoms. The first-order chi connectivity index (χ1) is 18.0. The van der Waals surface area contributed by atoms with Crippen molar-refractivity contribution >= 4 is 63.7 Å². The van der Waals surface area contributed by atoms with E-state index >= 15 is 0 Å². The van der Waals surface area contributed by atoms with E-state index < -0.39 is 17.9 Å². The number of carbonyl (C=O) groups is 2. The number of nitrogens with one attached hydrogen (secondary N) is 3. The summed E-state index contributed by atoms with van der Waals surface area (Å²) in [5.74, 6) is -0.376. The molecule has 0 aliphatic heterocycles. The molecule has 0 aliphatic carbocycles. The topological polar surface area (TPSA) is 148 Å². The van der Waals surface area contributed by atoms with Crippen LogP contribution < -0.4 is 16.0 Å². The summed E-state index contributed by atoms with van der Waals surface area (Å²) in [4.78, 5) is 42.4. The zero-order valence-corrected chi connectivity index (χ0v) is 23.1. The molecule has 0 aromatic carbocycles. The molecule has 0 aliphatic rings. The van der Waals surface area contributed by atoms with Gasteiger partial charge in [-0.15, -0.1) is 21.5 Å². The molecule has 14 heteroatoms. The van der Waals surface area contributed by atoms with Gasteiger partial charge in [-0.3, -0.25) is 14.6 Å². The zero-order valence-electron chi connectivity index (χ0n) is 20.8. The first-order valence-electron chi connectivity index (χ1n) is 11.3. The van der Waals surface area contributed by atoms with Crippen molar-refractivity contribution in [2.24, 2.45) is 0 Å². The fourth-order valence-electron chi connectivity index (χ4n) is 3.25. The van der Waals surface area contributed by atoms with Gasteiger partial charge in [-0.1, -0.05) is 44.0 Å². The van der Waals surface area contributed by atoms with Gasteiger partial charge in [-0.25, -0.2) is 15.0 Å². The minimum absolute atomic E-state index is 0.00411. The van der Waals surface area contributed by atoms with E-state index in [-0.39, 0.29) is 32.9 Å². The molecule has 4 heterocycles. The van der Waals surface area contributed by atoms with Crippen molar-refractivity contribution in [3.63, 3.8) is 0 Å². The van der Waals surface area contributed by atoms with Gasteiger partial charge in [0.15, 0.2) is 22.5 Å². The van der Waals surface area contributed by atoms with E-state index in [1.165, 1.54) is 12.5 Å². The molecule has 0 spiro atoms. The third kappa shape index (κ3) is 6.39. The summed E-state index contributed by atoms with van der Waals surface area (Å²) in [5, 5.41) is 17.3. The van der Waals surface area contributed by atoms with Gasteiger partial charge in [0.1, 0.15) is 21.2 Å². The highest BCUT2D eigenvalue weighted by Gasteiger charge is 2.23. The largest absolute Gasteiger partial charge is 0.342 e. The minimum Gasteiger partial charge on any atom is -0.342 e. The minimum atomic E-state index is -0.528. The lowest BCUT2D eigenvalue weighted by molar-refractivity contribution is 0.0934. The molecule has 196 valence electrons. The number of halogens is 2. The maximum atomic E-state index is 12.9. The van der Waals surface area contributed by atoms with Crippen LogP contribution in [0.1, 0.15) is 64.5 Å². The lowest BCUT2D eigenvalue weighted by atomic mass is 9.88. The summed E-state index contributed by atoms with van der Waals surface area (Å²) in [5.41, 5.74) is 1.18. The fraction of sp³-hybridized carbons (Fsp3) is 0.250. The van der Waals surface area contributed by atoms with Gasteiger partial charge in [0, 0.05) is 23.6 Å². The third-order valence-electron chi connectivity index (χ3n) is 5.21. The number of amides is 2. The number of pyridine rings is 1. The summed E-state index contributed by atoms with van der Waals surface area (Å²) >= 11 is 13.7. The van der Waals surface area contributed by atoms with Crippen LogP contribution in [0.15, 0.2) is 43.1 Å². The second-order valence-electron chi connectivity index (χ2n) is 9.14. The number of thiazole rings is 1. The number of aromatic nitrogens is 6. The van der Waals surface area contributed by atoms with Gasteiger partial charge < -0.3 is 16.0 Å². The molecule has 4 aromatic rings. The standard InChI is InChI=1S/C24H23Cl2N9O2S/c1-12(31-22(37)18-17(25)20(30-11-29-18)32-13-5-7-27-8-6-13)23-28-10-15(38-23)21(36)33-16-9-14(24(2,3)4)19(26)35-34-16/h5-12H,1-4H3,(H,31,37)(H,33,34,36)(H,27,29,30,32). The predicted octanol–water partition coefficient (Wildman–Crippen LogP) is 5.21. The Labute approximate surface area is 232 Å². The number of nitrogens with zero attached hydrogens (tertiary/aromatic N) is 6. The zero-order chi connectivity index (χ0) is 27.4. The van der Waals surface area contributed by atoms with Crippen molar-refractivity contribution in [2.45, 2.75) is 39.2 Å². The van der Waals surface area contributed by atoms with Gasteiger partial charge in [0.2, 0.25) is 0 Å². The molecule has 0 fully saturated rings. The first-order valence-corrected chi connectivity index (χ1v) is 12.9. The normalized spacial score (nSPS) is 12.1. The van der Waals surface area contributed by atoms with Gasteiger partial charge in [-0.2, -0.15) is 0 Å². The van der Waals surface area contributed by atoms with Crippen molar-refractivity contribution in [3.05, 3.63) is 74.4 Å². The lowest BCUT2D eigenvalue weighted by Gasteiger charge is -2.20. The van der Waals surface area contributed by atoms with Crippen molar-refractivity contribution in [1.29, 1.82) is 0 Å². The Kier molecular flexibility index (Phi) is 8.14. The maximum absolute atomic E-state index is 12.9. The van der Waals surface area contributed by atoms with Crippen LogP contribution in [0.3, 0.4) is 0 Å². The van der Waals surface area contributed by atoms with Crippen LogP contribution in [0, 0.1) is 0 Å². The molecular formula is C24H23Cl2N9O2S. The van der Waals surface area contributed by atoms with Crippen LogP contribution in [0.4, 0.5) is 17.3 Å². The Morgan fingerprint density at radius 2 is 1.76 bits per heavy atom. The Hall–Kier alpha value is -3.74. The molecule has 1 unspecified atom stereocenters. The van der Waals surface area contributed by atoms with Crippen LogP contribution >= 0.6 is 34.5 Å². The highest BCUT2D eigenvalue weighted by atomic mass is 35.5. The summed E-state index contributed by atoms with van der Waals surface area (Å²) in [6.07, 6.45) is 5.90. The van der Waals surface area contributed by atoms with Crippen molar-refractivity contribution in [3.8, 4) is 0 Å². The third-order valence-corrected chi connectivity index (χ3v) is 7.03. The average molecular weight is 572 g/mol. The molecule has 4 aromatic heterocycles. The predicted molar refractivity (Wildman–Crippen MR) is 146 cm³/mol. The molecule has 2 amide bonds. The summed E-state index contributed by atoms with van der Waals surface area (Å²) < 4.78 is 0. The van der Waals surface area contributed by atoms with Crippen LogP contribution in [0.5, 0.6) is 0 Å². The van der Waals surface area contributed by atoms with E-state index in [1.54, 1.807) is 37.5 Å². The first kappa shape index (κ1) is 27.3. The monoisotopic (exact) mass is 571 g/mol. The van der Waals surface area contributed by atoms with E-state index in [1.807, 2.05) is 20.8 Å². The molecule has 1 atom stereocenters. The SMILES string of the molecule is CC(NC(=O)c1ncnc(Nc2ccncc2)c1Cl)c1ncc(C(=O)Nc2cc(C(C)(C)C)c(Cl)nn2)s1. The smallest absolute Gasteiger partial charge is 0.272 e. The van der Waals surface area contributed by atoms with E-state index in [4.69, 9.17) is 23.2 Å². The van der Waals surface area contributed by atoms with Gasteiger partial charge in [-0.05, 0) is 30.5 Å². The van der Waals surface area contributed by atoms with Crippen LogP contribution in [0.25, 0.3) is 0 Å². The average Bonchev–Trinajstić information content (AvgIpc) is 3.37. The van der Waals surface area contributed by atoms with Gasteiger partial charge in [0.05, 0.1) is 12.2 Å². The van der Waals surface area contributed by atoms with Gasteiger partial charge in [0.25, 0.3) is 11.8 Å². The fourth-order valence-corrected chi connectivity index (χ4v) is 4.67. The summed E-state index contributed by atoms with van der Waals surface area (Å²) in [7, 11) is 0. The van der Waals surface area contributed by atoms with Crippen LogP contribution in [-0.2, 0) is 5.41 Å². The molecule has 38 heavy (non-hydrogen) atoms. The number of hydrogen-bond acceptors (Lipinski definition) is 10. The Morgan fingerprint density at radius 3 is 2.47 bits per heavy atom. The lowest BCUT2D eigenvalue weighted by Crippen LogP contribution is -2.28. The second kappa shape index (κ2) is 11.3. The number of hydrogen-bond donors (Lipinski definition) is 3. The second-order valence-corrected chi connectivity index (χ2v) is 10.9. The highest BCUT2D eigenvalue weighted by Crippen LogP contribution is 2.30. The molecule has 4 rings (SSSR count). The van der Waals surface area contributed by atoms with Crippen molar-refractivity contribution in [2.75, 3.05) is 10.6 Å². The number of carbonyl (C=O) groups excluding carboxylic acids is 2. The highest BCUT2D eigenvalue weighted by molar-refractivity contribution is 7.13. The Balaban J connectivity index is 1.43. The van der Waals surface area contributed by atoms with Crippen LogP contribution in [-0.4, -0.2) is 41.9 Å². The van der Waals surface area contributed by atoms with Crippen molar-refractivity contribution < 1.29 is 9.59 Å². The molecular weight excluding hydrogens is 549 g/mol.